The van der Waals surface area contributed by atoms with E-state index in [-0.39, 0.29) is 17.5 Å². The molecule has 0 spiro atoms. The lowest BCUT2D eigenvalue weighted by Crippen LogP contribution is -2.45. The Bertz CT molecular complexity index is 869. The highest BCUT2D eigenvalue weighted by Crippen LogP contribution is 2.25. The van der Waals surface area contributed by atoms with Crippen molar-refractivity contribution in [3.8, 4) is 5.75 Å². The summed E-state index contributed by atoms with van der Waals surface area (Å²) < 4.78 is 9.72. The van der Waals surface area contributed by atoms with Gasteiger partial charge in [-0.15, -0.1) is 0 Å². The molecule has 0 aliphatic heterocycles. The number of amides is 2. The van der Waals surface area contributed by atoms with Crippen LogP contribution >= 0.6 is 11.6 Å². The summed E-state index contributed by atoms with van der Waals surface area (Å²) in [6, 6.07) is 10.0. The van der Waals surface area contributed by atoms with Gasteiger partial charge in [-0.05, 0) is 35.9 Å². The van der Waals surface area contributed by atoms with Gasteiger partial charge in [0.2, 0.25) is 5.91 Å². The summed E-state index contributed by atoms with van der Waals surface area (Å²) in [5.74, 6) is -1.30. The maximum absolute atomic E-state index is 12.5. The summed E-state index contributed by atoms with van der Waals surface area (Å²) in [6.07, 6.45) is 0.154. The second-order valence-electron chi connectivity index (χ2n) is 5.67. The summed E-state index contributed by atoms with van der Waals surface area (Å²) in [7, 11) is 2.74. The lowest BCUT2D eigenvalue weighted by Gasteiger charge is -2.16. The van der Waals surface area contributed by atoms with Crippen LogP contribution in [-0.4, -0.2) is 38.0 Å². The Morgan fingerprint density at radius 1 is 1.11 bits per heavy atom. The molecule has 0 aromatic heterocycles. The summed E-state index contributed by atoms with van der Waals surface area (Å²) in [4.78, 5) is 35.8. The molecule has 0 saturated heterocycles. The van der Waals surface area contributed by atoms with Gasteiger partial charge >= 0.3 is 5.97 Å². The second-order valence-corrected chi connectivity index (χ2v) is 6.08. The Balaban J connectivity index is 2.16. The fourth-order valence-corrected chi connectivity index (χ4v) is 2.72. The number of esters is 1. The number of nitrogens with one attached hydrogen (secondary N) is 1. The van der Waals surface area contributed by atoms with Gasteiger partial charge in [0.15, 0.2) is 0 Å². The number of hydrogen-bond donors (Lipinski definition) is 2. The van der Waals surface area contributed by atoms with E-state index in [1.54, 1.807) is 24.3 Å². The minimum atomic E-state index is -0.955. The van der Waals surface area contributed by atoms with E-state index < -0.39 is 23.8 Å². The first-order valence-corrected chi connectivity index (χ1v) is 8.34. The highest BCUT2D eigenvalue weighted by molar-refractivity contribution is 6.32. The average molecular weight is 391 g/mol. The van der Waals surface area contributed by atoms with Gasteiger partial charge in [0.05, 0.1) is 24.8 Å². The Hall–Kier alpha value is -3.06. The number of rotatable bonds is 7. The minimum Gasteiger partial charge on any atom is -0.495 e. The normalized spacial score (nSPS) is 11.4. The summed E-state index contributed by atoms with van der Waals surface area (Å²) in [6.45, 7) is 0. The molecule has 3 N–H and O–H groups in total. The molecule has 0 bridgehead atoms. The zero-order chi connectivity index (χ0) is 20.0. The van der Waals surface area contributed by atoms with Crippen LogP contribution in [0.1, 0.15) is 26.3 Å². The second kappa shape index (κ2) is 9.05. The lowest BCUT2D eigenvalue weighted by atomic mass is 10.0. The molecular formula is C19H19ClN2O5. The van der Waals surface area contributed by atoms with Crippen molar-refractivity contribution in [3.63, 3.8) is 0 Å². The number of carbonyl (C=O) groups excluding carboxylic acids is 3. The number of carbonyl (C=O) groups is 3. The van der Waals surface area contributed by atoms with Crippen molar-refractivity contribution in [2.24, 2.45) is 5.73 Å². The summed E-state index contributed by atoms with van der Waals surface area (Å²) in [5.41, 5.74) is 6.55. The van der Waals surface area contributed by atoms with E-state index in [0.717, 1.165) is 0 Å². The van der Waals surface area contributed by atoms with E-state index in [9.17, 15) is 14.4 Å². The van der Waals surface area contributed by atoms with Crippen LogP contribution in [0.4, 0.5) is 0 Å². The molecule has 1 atom stereocenters. The number of nitrogens with two attached hydrogens (primary N) is 1. The summed E-state index contributed by atoms with van der Waals surface area (Å²) in [5, 5.41) is 2.96. The Labute approximate surface area is 161 Å². The van der Waals surface area contributed by atoms with Gasteiger partial charge in [-0.2, -0.15) is 0 Å². The zero-order valence-corrected chi connectivity index (χ0v) is 15.6. The van der Waals surface area contributed by atoms with E-state index in [1.165, 1.54) is 32.4 Å². The molecule has 2 aromatic rings. The van der Waals surface area contributed by atoms with Crippen LogP contribution < -0.4 is 15.8 Å². The predicted octanol–water partition coefficient (Wildman–Crippen LogP) is 1.96. The summed E-state index contributed by atoms with van der Waals surface area (Å²) >= 11 is 6.08. The molecule has 142 valence electrons. The van der Waals surface area contributed by atoms with E-state index in [2.05, 4.69) is 10.1 Å². The Kier molecular flexibility index (Phi) is 6.79. The van der Waals surface area contributed by atoms with Gasteiger partial charge in [-0.25, -0.2) is 4.79 Å². The van der Waals surface area contributed by atoms with Crippen molar-refractivity contribution in [2.75, 3.05) is 14.2 Å². The third-order valence-electron chi connectivity index (χ3n) is 3.85. The molecule has 8 heteroatoms. The van der Waals surface area contributed by atoms with Gasteiger partial charge in [0.25, 0.3) is 5.91 Å². The third kappa shape index (κ3) is 5.21. The molecule has 27 heavy (non-hydrogen) atoms. The molecule has 0 heterocycles. The van der Waals surface area contributed by atoms with E-state index in [0.29, 0.717) is 16.3 Å². The van der Waals surface area contributed by atoms with Gasteiger partial charge in [0.1, 0.15) is 11.8 Å². The Morgan fingerprint density at radius 3 is 2.41 bits per heavy atom. The first-order chi connectivity index (χ1) is 12.8. The molecule has 7 nitrogen and oxygen atoms in total. The molecule has 0 saturated carbocycles. The van der Waals surface area contributed by atoms with Crippen molar-refractivity contribution in [1.82, 2.24) is 5.32 Å². The van der Waals surface area contributed by atoms with Crippen LogP contribution in [0, 0.1) is 0 Å². The Morgan fingerprint density at radius 2 is 1.81 bits per heavy atom. The quantitative estimate of drug-likeness (QED) is 0.702. The monoisotopic (exact) mass is 390 g/mol. The maximum Gasteiger partial charge on any atom is 0.337 e. The van der Waals surface area contributed by atoms with Crippen LogP contribution in [0.2, 0.25) is 5.02 Å². The van der Waals surface area contributed by atoms with Crippen LogP contribution in [0.25, 0.3) is 0 Å². The number of hydrogen-bond acceptors (Lipinski definition) is 5. The smallest absolute Gasteiger partial charge is 0.337 e. The fourth-order valence-electron chi connectivity index (χ4n) is 2.44. The first kappa shape index (κ1) is 20.3. The predicted molar refractivity (Wildman–Crippen MR) is 99.9 cm³/mol. The standard InChI is InChI=1S/C19H19ClN2O5/c1-26-16-7-6-11(8-14(16)20)9-15(17(21)23)22-18(24)12-4-3-5-13(10-12)19(25)27-2/h3-8,10,15H,9H2,1-2H3,(H2,21,23)(H,22,24)/t15-/m0/s1. The van der Waals surface area contributed by atoms with Crippen molar-refractivity contribution in [3.05, 3.63) is 64.2 Å². The van der Waals surface area contributed by atoms with E-state index in [4.69, 9.17) is 22.1 Å². The molecule has 0 unspecified atom stereocenters. The SMILES string of the molecule is COC(=O)c1cccc(C(=O)N[C@@H](Cc2ccc(OC)c(Cl)c2)C(N)=O)c1. The van der Waals surface area contributed by atoms with Crippen molar-refractivity contribution in [2.45, 2.75) is 12.5 Å². The molecule has 0 radical (unpaired) electrons. The van der Waals surface area contributed by atoms with E-state index >= 15 is 0 Å². The number of primary amides is 1. The fraction of sp³-hybridized carbons (Fsp3) is 0.211. The molecule has 2 rings (SSSR count). The van der Waals surface area contributed by atoms with Crippen LogP contribution in [-0.2, 0) is 16.0 Å². The number of ether oxygens (including phenoxy) is 2. The average Bonchev–Trinajstić information content (AvgIpc) is 2.66. The topological polar surface area (TPSA) is 108 Å². The van der Waals surface area contributed by atoms with Gasteiger partial charge in [0, 0.05) is 12.0 Å². The van der Waals surface area contributed by atoms with Crippen LogP contribution in [0.3, 0.4) is 0 Å². The molecule has 0 fully saturated rings. The van der Waals surface area contributed by atoms with Gasteiger partial charge in [-0.3, -0.25) is 9.59 Å². The van der Waals surface area contributed by atoms with Crippen molar-refractivity contribution >= 4 is 29.4 Å². The van der Waals surface area contributed by atoms with E-state index in [1.807, 2.05) is 0 Å². The highest BCUT2D eigenvalue weighted by atomic mass is 35.5. The van der Waals surface area contributed by atoms with Gasteiger partial charge < -0.3 is 20.5 Å². The maximum atomic E-state index is 12.5. The molecule has 0 aliphatic rings. The number of methoxy groups -OCH3 is 2. The number of benzene rings is 2. The van der Waals surface area contributed by atoms with Crippen LogP contribution in [0.5, 0.6) is 5.75 Å². The molecule has 2 amide bonds. The molecule has 0 aliphatic carbocycles. The zero-order valence-electron chi connectivity index (χ0n) is 14.8. The van der Waals surface area contributed by atoms with Crippen molar-refractivity contribution < 1.29 is 23.9 Å². The lowest BCUT2D eigenvalue weighted by molar-refractivity contribution is -0.119. The minimum absolute atomic E-state index is 0.154. The van der Waals surface area contributed by atoms with Crippen molar-refractivity contribution in [1.29, 1.82) is 0 Å². The van der Waals surface area contributed by atoms with Crippen LogP contribution in [0.15, 0.2) is 42.5 Å². The first-order valence-electron chi connectivity index (χ1n) is 7.96. The van der Waals surface area contributed by atoms with Gasteiger partial charge in [-0.1, -0.05) is 23.7 Å². The third-order valence-corrected chi connectivity index (χ3v) is 4.15. The molecular weight excluding hydrogens is 372 g/mol. The number of halogens is 1. The molecule has 2 aromatic carbocycles. The largest absolute Gasteiger partial charge is 0.495 e. The highest BCUT2D eigenvalue weighted by Gasteiger charge is 2.21.